The van der Waals surface area contributed by atoms with E-state index in [9.17, 15) is 17.2 Å². The summed E-state index contributed by atoms with van der Waals surface area (Å²) in [5.74, 6) is -0.379. The Balaban J connectivity index is 1.88. The lowest BCUT2D eigenvalue weighted by atomic mass is 10.3. The van der Waals surface area contributed by atoms with Gasteiger partial charge in [0.05, 0.1) is 10.6 Å². The number of rotatable bonds is 3. The summed E-state index contributed by atoms with van der Waals surface area (Å²) in [7, 11) is -3.79. The van der Waals surface area contributed by atoms with Gasteiger partial charge in [0.25, 0.3) is 10.0 Å². The highest BCUT2D eigenvalue weighted by Crippen LogP contribution is 2.42. The van der Waals surface area contributed by atoms with Crippen molar-refractivity contribution in [2.75, 3.05) is 4.72 Å². The Hall–Kier alpha value is -2.35. The van der Waals surface area contributed by atoms with Gasteiger partial charge in [-0.25, -0.2) is 8.42 Å². The molecule has 0 saturated heterocycles. The van der Waals surface area contributed by atoms with Crippen LogP contribution < -0.4 is 14.2 Å². The van der Waals surface area contributed by atoms with Crippen molar-refractivity contribution in [2.24, 2.45) is 0 Å². The molecular formula is C13H9F2NO4S. The van der Waals surface area contributed by atoms with Crippen LogP contribution in [0.4, 0.5) is 14.5 Å². The van der Waals surface area contributed by atoms with Gasteiger partial charge in [-0.05, 0) is 24.3 Å². The van der Waals surface area contributed by atoms with E-state index in [1.165, 1.54) is 24.3 Å². The fraction of sp³-hybridized carbons (Fsp3) is 0.0769. The average Bonchev–Trinajstić information content (AvgIpc) is 2.72. The molecule has 1 heterocycles. The molecule has 1 aliphatic rings. The summed E-state index contributed by atoms with van der Waals surface area (Å²) in [6.07, 6.45) is -3.74. The van der Waals surface area contributed by atoms with E-state index in [4.69, 9.17) is 0 Å². The molecule has 2 aromatic rings. The van der Waals surface area contributed by atoms with Gasteiger partial charge in [-0.3, -0.25) is 4.72 Å². The van der Waals surface area contributed by atoms with Crippen LogP contribution in [0.5, 0.6) is 11.5 Å². The highest BCUT2D eigenvalue weighted by atomic mass is 32.2. The van der Waals surface area contributed by atoms with Crippen molar-refractivity contribution in [1.29, 1.82) is 0 Å². The third kappa shape index (κ3) is 2.75. The van der Waals surface area contributed by atoms with Crippen LogP contribution in [0.25, 0.3) is 0 Å². The second-order valence-electron chi connectivity index (χ2n) is 4.25. The number of hydrogen-bond donors (Lipinski definition) is 1. The zero-order chi connectivity index (χ0) is 15.1. The van der Waals surface area contributed by atoms with Gasteiger partial charge in [-0.1, -0.05) is 18.2 Å². The average molecular weight is 313 g/mol. The van der Waals surface area contributed by atoms with E-state index in [1.807, 2.05) is 0 Å². The quantitative estimate of drug-likeness (QED) is 0.946. The number of fused-ring (bicyclic) bond motifs is 1. The number of benzene rings is 2. The van der Waals surface area contributed by atoms with E-state index < -0.39 is 16.3 Å². The van der Waals surface area contributed by atoms with E-state index in [0.29, 0.717) is 0 Å². The first-order chi connectivity index (χ1) is 9.86. The van der Waals surface area contributed by atoms with Gasteiger partial charge in [-0.2, -0.15) is 0 Å². The minimum Gasteiger partial charge on any atom is -0.395 e. The van der Waals surface area contributed by atoms with Crippen LogP contribution in [-0.4, -0.2) is 14.7 Å². The topological polar surface area (TPSA) is 64.6 Å². The van der Waals surface area contributed by atoms with Crippen molar-refractivity contribution < 1.29 is 26.7 Å². The Bertz CT molecular complexity index is 778. The van der Waals surface area contributed by atoms with Crippen LogP contribution >= 0.6 is 0 Å². The zero-order valence-corrected chi connectivity index (χ0v) is 11.2. The van der Waals surface area contributed by atoms with Crippen LogP contribution in [0, 0.1) is 0 Å². The summed E-state index contributed by atoms with van der Waals surface area (Å²) >= 11 is 0. The fourth-order valence-electron chi connectivity index (χ4n) is 1.83. The number of halogens is 2. The Morgan fingerprint density at radius 1 is 0.952 bits per heavy atom. The van der Waals surface area contributed by atoms with Crippen molar-refractivity contribution in [1.82, 2.24) is 0 Å². The standard InChI is InChI=1S/C13H9F2NO4S/c14-13(15)19-11-7-6-9(8-12(11)20-13)16-21(17,18)10-4-2-1-3-5-10/h1-8,16H. The summed E-state index contributed by atoms with van der Waals surface area (Å²) in [4.78, 5) is 0.0630. The van der Waals surface area contributed by atoms with Gasteiger partial charge >= 0.3 is 6.29 Å². The molecule has 0 saturated carbocycles. The number of hydrogen-bond acceptors (Lipinski definition) is 4. The molecule has 0 atom stereocenters. The molecule has 2 aromatic carbocycles. The van der Waals surface area contributed by atoms with Crippen LogP contribution in [0.3, 0.4) is 0 Å². The Morgan fingerprint density at radius 3 is 2.33 bits per heavy atom. The summed E-state index contributed by atoms with van der Waals surface area (Å²) in [6.45, 7) is 0. The molecule has 3 rings (SSSR count). The molecular weight excluding hydrogens is 304 g/mol. The van der Waals surface area contributed by atoms with E-state index >= 15 is 0 Å². The van der Waals surface area contributed by atoms with Crippen LogP contribution in [-0.2, 0) is 10.0 Å². The molecule has 21 heavy (non-hydrogen) atoms. The summed E-state index contributed by atoms with van der Waals surface area (Å²) in [6, 6.07) is 11.3. The first kappa shape index (κ1) is 13.6. The first-order valence-corrected chi connectivity index (χ1v) is 7.32. The fourth-order valence-corrected chi connectivity index (χ4v) is 2.90. The lowest BCUT2D eigenvalue weighted by molar-refractivity contribution is -0.286. The lowest BCUT2D eigenvalue weighted by Gasteiger charge is -2.08. The van der Waals surface area contributed by atoms with E-state index in [0.717, 1.165) is 6.07 Å². The maximum Gasteiger partial charge on any atom is 0.586 e. The second kappa shape index (κ2) is 4.59. The third-order valence-corrected chi connectivity index (χ3v) is 4.10. The number of alkyl halides is 2. The predicted octanol–water partition coefficient (Wildman–Crippen LogP) is 2.81. The molecule has 0 spiro atoms. The first-order valence-electron chi connectivity index (χ1n) is 5.83. The maximum atomic E-state index is 12.9. The lowest BCUT2D eigenvalue weighted by Crippen LogP contribution is -2.25. The summed E-state index contributed by atoms with van der Waals surface area (Å²) in [5.41, 5.74) is 0.0962. The smallest absolute Gasteiger partial charge is 0.395 e. The van der Waals surface area contributed by atoms with E-state index in [1.54, 1.807) is 18.2 Å². The normalized spacial score (nSPS) is 15.7. The third-order valence-electron chi connectivity index (χ3n) is 2.71. The largest absolute Gasteiger partial charge is 0.586 e. The maximum absolute atomic E-state index is 12.9. The SMILES string of the molecule is O=S(=O)(Nc1ccc2c(c1)OC(F)(F)O2)c1ccccc1. The number of anilines is 1. The van der Waals surface area contributed by atoms with Gasteiger partial charge in [-0.15, -0.1) is 8.78 Å². The molecule has 0 bridgehead atoms. The minimum absolute atomic E-state index is 0.0630. The molecule has 0 unspecified atom stereocenters. The van der Waals surface area contributed by atoms with Crippen LogP contribution in [0.15, 0.2) is 53.4 Å². The molecule has 0 fully saturated rings. The monoisotopic (exact) mass is 313 g/mol. The Morgan fingerprint density at radius 2 is 1.62 bits per heavy atom. The predicted molar refractivity (Wildman–Crippen MR) is 69.9 cm³/mol. The van der Waals surface area contributed by atoms with Crippen LogP contribution in [0.1, 0.15) is 0 Å². The second-order valence-corrected chi connectivity index (χ2v) is 5.93. The van der Waals surface area contributed by atoms with Gasteiger partial charge in [0.1, 0.15) is 0 Å². The molecule has 0 radical (unpaired) electrons. The minimum atomic E-state index is -3.79. The molecule has 8 heteroatoms. The number of nitrogens with one attached hydrogen (secondary N) is 1. The van der Waals surface area contributed by atoms with Crippen molar-refractivity contribution >= 4 is 15.7 Å². The number of sulfonamides is 1. The highest BCUT2D eigenvalue weighted by Gasteiger charge is 2.43. The molecule has 1 N–H and O–H groups in total. The van der Waals surface area contributed by atoms with Crippen molar-refractivity contribution in [2.45, 2.75) is 11.2 Å². The number of ether oxygens (including phenoxy) is 2. The van der Waals surface area contributed by atoms with Gasteiger partial charge < -0.3 is 9.47 Å². The highest BCUT2D eigenvalue weighted by molar-refractivity contribution is 7.92. The Labute approximate surface area is 119 Å². The molecule has 0 amide bonds. The molecule has 5 nitrogen and oxygen atoms in total. The molecule has 0 aromatic heterocycles. The molecule has 1 aliphatic heterocycles. The van der Waals surface area contributed by atoms with Crippen molar-refractivity contribution in [3.8, 4) is 11.5 Å². The van der Waals surface area contributed by atoms with Crippen molar-refractivity contribution in [3.63, 3.8) is 0 Å². The zero-order valence-electron chi connectivity index (χ0n) is 10.4. The van der Waals surface area contributed by atoms with E-state index in [2.05, 4.69) is 14.2 Å². The van der Waals surface area contributed by atoms with Gasteiger partial charge in [0.15, 0.2) is 11.5 Å². The molecule has 0 aliphatic carbocycles. The summed E-state index contributed by atoms with van der Waals surface area (Å²) in [5, 5.41) is 0. The van der Waals surface area contributed by atoms with Gasteiger partial charge in [0, 0.05) is 6.07 Å². The van der Waals surface area contributed by atoms with Gasteiger partial charge in [0.2, 0.25) is 0 Å². The molecule has 110 valence electrons. The Kier molecular flexibility index (Phi) is 2.98. The van der Waals surface area contributed by atoms with Crippen molar-refractivity contribution in [3.05, 3.63) is 48.5 Å². The van der Waals surface area contributed by atoms with E-state index in [-0.39, 0.29) is 22.1 Å². The summed E-state index contributed by atoms with van der Waals surface area (Å²) < 4.78 is 60.8. The van der Waals surface area contributed by atoms with Crippen LogP contribution in [0.2, 0.25) is 0 Å².